The molecule has 0 amide bonds. The summed E-state index contributed by atoms with van der Waals surface area (Å²) < 4.78 is 10.9. The number of carbonyl (C=O) groups excluding carboxylic acids is 1. The minimum absolute atomic E-state index is 0.154. The third kappa shape index (κ3) is 7.52. The number of ether oxygens (including phenoxy) is 2. The van der Waals surface area contributed by atoms with Crippen molar-refractivity contribution in [2.45, 2.75) is 45.6 Å². The summed E-state index contributed by atoms with van der Waals surface area (Å²) in [4.78, 5) is 16.8. The molecule has 0 N–H and O–H groups in total. The second kappa shape index (κ2) is 12.2. The first-order chi connectivity index (χ1) is 14.0. The molecule has 0 unspecified atom stereocenters. The number of allylic oxidation sites excluding steroid dienone is 1. The van der Waals surface area contributed by atoms with Crippen molar-refractivity contribution in [3.63, 3.8) is 0 Å². The van der Waals surface area contributed by atoms with Gasteiger partial charge in [0.05, 0.1) is 14.2 Å². The Morgan fingerprint density at radius 1 is 1.07 bits per heavy atom. The van der Waals surface area contributed by atoms with Gasteiger partial charge >= 0.3 is 5.97 Å². The summed E-state index contributed by atoms with van der Waals surface area (Å²) in [7, 11) is 3.12. The number of rotatable bonds is 12. The first-order valence-corrected chi connectivity index (χ1v) is 10.2. The highest BCUT2D eigenvalue weighted by Gasteiger charge is 2.12. The molecule has 0 bridgehead atoms. The average molecular weight is 400 g/mol. The summed E-state index contributed by atoms with van der Waals surface area (Å²) in [5.74, 6) is 0.729. The normalized spacial score (nSPS) is 12.0. The molecular weight excluding hydrogens is 366 g/mol. The van der Waals surface area contributed by atoms with Crippen LogP contribution in [0.5, 0.6) is 5.75 Å². The standard InChI is InChI=1S/C24H33NO4/c1-19(2)25(28-4)17-20(11-6-5-7-16-24(26)27-3)18-29-23-15-10-13-21-12-8-9-14-22(21)23/h8-15,19H,5-7,16-18H2,1-4H3/b20-11-. The van der Waals surface area contributed by atoms with E-state index in [1.807, 2.05) is 29.3 Å². The zero-order valence-corrected chi connectivity index (χ0v) is 18.0. The molecule has 5 heteroatoms. The maximum absolute atomic E-state index is 11.3. The van der Waals surface area contributed by atoms with Crippen LogP contribution in [0.2, 0.25) is 0 Å². The average Bonchev–Trinajstić information content (AvgIpc) is 2.74. The van der Waals surface area contributed by atoms with Crippen LogP contribution >= 0.6 is 0 Å². The summed E-state index contributed by atoms with van der Waals surface area (Å²) in [6.07, 6.45) is 5.31. The number of hydroxylamine groups is 2. The van der Waals surface area contributed by atoms with E-state index in [9.17, 15) is 4.79 Å². The molecule has 2 aromatic rings. The number of unbranched alkanes of at least 4 members (excludes halogenated alkanes) is 2. The van der Waals surface area contributed by atoms with Gasteiger partial charge in [0.15, 0.2) is 0 Å². The van der Waals surface area contributed by atoms with Crippen LogP contribution in [0.1, 0.15) is 39.5 Å². The number of esters is 1. The van der Waals surface area contributed by atoms with Crippen LogP contribution in [-0.2, 0) is 14.4 Å². The Kier molecular flexibility index (Phi) is 9.68. The summed E-state index contributed by atoms with van der Waals surface area (Å²) in [5, 5.41) is 4.21. The molecule has 0 radical (unpaired) electrons. The molecule has 0 heterocycles. The topological polar surface area (TPSA) is 48.0 Å². The van der Waals surface area contributed by atoms with Crippen LogP contribution in [0.15, 0.2) is 54.1 Å². The highest BCUT2D eigenvalue weighted by atomic mass is 16.7. The van der Waals surface area contributed by atoms with Gasteiger partial charge < -0.3 is 14.3 Å². The van der Waals surface area contributed by atoms with Crippen molar-refractivity contribution in [3.8, 4) is 5.75 Å². The Labute approximate surface area is 174 Å². The van der Waals surface area contributed by atoms with E-state index in [4.69, 9.17) is 14.3 Å². The van der Waals surface area contributed by atoms with Gasteiger partial charge in [-0.15, -0.1) is 0 Å². The molecule has 0 saturated carbocycles. The minimum atomic E-state index is -0.154. The Morgan fingerprint density at radius 3 is 2.55 bits per heavy atom. The molecule has 29 heavy (non-hydrogen) atoms. The smallest absolute Gasteiger partial charge is 0.305 e. The van der Waals surface area contributed by atoms with Gasteiger partial charge in [0.1, 0.15) is 12.4 Å². The number of fused-ring (bicyclic) bond motifs is 1. The quantitative estimate of drug-likeness (QED) is 0.214. The van der Waals surface area contributed by atoms with Gasteiger partial charge in [0.2, 0.25) is 0 Å². The van der Waals surface area contributed by atoms with Crippen molar-refractivity contribution in [2.75, 3.05) is 27.4 Å². The van der Waals surface area contributed by atoms with Crippen molar-refractivity contribution in [2.24, 2.45) is 0 Å². The number of benzene rings is 2. The molecule has 0 saturated heterocycles. The van der Waals surface area contributed by atoms with E-state index in [1.165, 1.54) is 12.5 Å². The first kappa shape index (κ1) is 22.9. The molecule has 0 aliphatic carbocycles. The lowest BCUT2D eigenvalue weighted by atomic mass is 10.1. The first-order valence-electron chi connectivity index (χ1n) is 10.2. The molecule has 5 nitrogen and oxygen atoms in total. The fourth-order valence-corrected chi connectivity index (χ4v) is 3.14. The number of carbonyl (C=O) groups is 1. The van der Waals surface area contributed by atoms with Crippen molar-refractivity contribution < 1.29 is 19.1 Å². The minimum Gasteiger partial charge on any atom is -0.489 e. The SMILES string of the molecule is COC(=O)CCCC/C=C(\COc1cccc2ccccc12)CN(OC)C(C)C. The van der Waals surface area contributed by atoms with Crippen LogP contribution < -0.4 is 4.74 Å². The Morgan fingerprint density at radius 2 is 1.83 bits per heavy atom. The third-order valence-corrected chi connectivity index (χ3v) is 4.83. The predicted octanol–water partition coefficient (Wildman–Crippen LogP) is 5.15. The summed E-state index contributed by atoms with van der Waals surface area (Å²) >= 11 is 0. The monoisotopic (exact) mass is 399 g/mol. The lowest BCUT2D eigenvalue weighted by molar-refractivity contribution is -0.147. The van der Waals surface area contributed by atoms with Crippen LogP contribution in [-0.4, -0.2) is 44.4 Å². The van der Waals surface area contributed by atoms with Gasteiger partial charge in [-0.2, -0.15) is 5.06 Å². The van der Waals surface area contributed by atoms with Crippen LogP contribution in [0, 0.1) is 0 Å². The molecule has 0 aliphatic rings. The fourth-order valence-electron chi connectivity index (χ4n) is 3.14. The van der Waals surface area contributed by atoms with E-state index >= 15 is 0 Å². The van der Waals surface area contributed by atoms with Gasteiger partial charge in [-0.1, -0.05) is 42.5 Å². The zero-order chi connectivity index (χ0) is 21.1. The summed E-state index contributed by atoms with van der Waals surface area (Å²) in [6.45, 7) is 5.37. The van der Waals surface area contributed by atoms with Crippen molar-refractivity contribution in [1.82, 2.24) is 5.06 Å². The Bertz CT molecular complexity index is 795. The Balaban J connectivity index is 2.03. The zero-order valence-electron chi connectivity index (χ0n) is 18.0. The molecule has 2 aromatic carbocycles. The predicted molar refractivity (Wildman–Crippen MR) is 117 cm³/mol. The maximum atomic E-state index is 11.3. The van der Waals surface area contributed by atoms with Crippen LogP contribution in [0.4, 0.5) is 0 Å². The number of methoxy groups -OCH3 is 1. The second-order valence-electron chi connectivity index (χ2n) is 7.30. The van der Waals surface area contributed by atoms with Gasteiger partial charge in [0, 0.05) is 24.4 Å². The summed E-state index contributed by atoms with van der Waals surface area (Å²) in [6, 6.07) is 14.6. The lowest BCUT2D eigenvalue weighted by Crippen LogP contribution is -2.32. The molecule has 0 fully saturated rings. The van der Waals surface area contributed by atoms with E-state index in [0.717, 1.165) is 36.0 Å². The molecule has 0 atom stereocenters. The van der Waals surface area contributed by atoms with E-state index in [1.54, 1.807) is 7.11 Å². The van der Waals surface area contributed by atoms with E-state index in [-0.39, 0.29) is 12.0 Å². The lowest BCUT2D eigenvalue weighted by Gasteiger charge is -2.25. The largest absolute Gasteiger partial charge is 0.489 e. The molecule has 158 valence electrons. The van der Waals surface area contributed by atoms with E-state index in [2.05, 4.69) is 38.1 Å². The molecule has 0 spiro atoms. The molecule has 0 aliphatic heterocycles. The second-order valence-corrected chi connectivity index (χ2v) is 7.30. The van der Waals surface area contributed by atoms with Crippen molar-refractivity contribution in [1.29, 1.82) is 0 Å². The number of hydrogen-bond acceptors (Lipinski definition) is 5. The summed E-state index contributed by atoms with van der Waals surface area (Å²) in [5.41, 5.74) is 1.16. The van der Waals surface area contributed by atoms with Gasteiger partial charge in [0.25, 0.3) is 0 Å². The molecule has 0 aromatic heterocycles. The van der Waals surface area contributed by atoms with Gasteiger partial charge in [-0.3, -0.25) is 4.79 Å². The fraction of sp³-hybridized carbons (Fsp3) is 0.458. The number of hydrogen-bond donors (Lipinski definition) is 0. The highest BCUT2D eigenvalue weighted by Crippen LogP contribution is 2.25. The van der Waals surface area contributed by atoms with Gasteiger partial charge in [-0.05, 0) is 50.1 Å². The highest BCUT2D eigenvalue weighted by molar-refractivity contribution is 5.88. The van der Waals surface area contributed by atoms with E-state index in [0.29, 0.717) is 19.6 Å². The van der Waals surface area contributed by atoms with Crippen LogP contribution in [0.25, 0.3) is 10.8 Å². The molecular formula is C24H33NO4. The van der Waals surface area contributed by atoms with Crippen LogP contribution in [0.3, 0.4) is 0 Å². The third-order valence-electron chi connectivity index (χ3n) is 4.83. The van der Waals surface area contributed by atoms with Crippen molar-refractivity contribution in [3.05, 3.63) is 54.1 Å². The maximum Gasteiger partial charge on any atom is 0.305 e. The van der Waals surface area contributed by atoms with Gasteiger partial charge in [-0.25, -0.2) is 0 Å². The Hall–Kier alpha value is -2.37. The van der Waals surface area contributed by atoms with E-state index < -0.39 is 0 Å². The number of nitrogens with zero attached hydrogens (tertiary/aromatic N) is 1. The van der Waals surface area contributed by atoms with Crippen molar-refractivity contribution >= 4 is 16.7 Å². The molecule has 2 rings (SSSR count).